The molecule has 2 heterocycles. The van der Waals surface area contributed by atoms with Gasteiger partial charge in [0, 0.05) is 21.9 Å². The van der Waals surface area contributed by atoms with Crippen LogP contribution in [0.4, 0.5) is 0 Å². The van der Waals surface area contributed by atoms with Crippen molar-refractivity contribution in [3.8, 4) is 16.8 Å². The van der Waals surface area contributed by atoms with E-state index >= 15 is 0 Å². The number of benzene rings is 6. The van der Waals surface area contributed by atoms with E-state index in [0.29, 0.717) is 0 Å². The molecular formula is C42H36N4. The zero-order chi connectivity index (χ0) is 31.0. The number of hydrogen-bond donors (Lipinski definition) is 2. The first-order chi connectivity index (χ1) is 22.5. The van der Waals surface area contributed by atoms with Gasteiger partial charge in [0.1, 0.15) is 6.17 Å². The summed E-state index contributed by atoms with van der Waals surface area (Å²) in [4.78, 5) is 0. The van der Waals surface area contributed by atoms with Crippen molar-refractivity contribution in [3.05, 3.63) is 173 Å². The maximum absolute atomic E-state index is 7.15. The van der Waals surface area contributed by atoms with Crippen LogP contribution in [0, 0.1) is 0 Å². The number of nitrogens with zero attached hydrogens (tertiary/aromatic N) is 2. The molecule has 4 atom stereocenters. The molecule has 0 bridgehead atoms. The molecule has 1 aliphatic heterocycles. The normalized spacial score (nSPS) is 19.1. The van der Waals surface area contributed by atoms with Gasteiger partial charge in [-0.3, -0.25) is 0 Å². The van der Waals surface area contributed by atoms with Crippen LogP contribution in [0.15, 0.2) is 146 Å². The van der Waals surface area contributed by atoms with Crippen molar-refractivity contribution in [2.75, 3.05) is 0 Å². The molecule has 6 aromatic carbocycles. The Bertz CT molecular complexity index is 2230. The van der Waals surface area contributed by atoms with Gasteiger partial charge in [0.05, 0.1) is 23.1 Å². The van der Waals surface area contributed by atoms with Crippen LogP contribution >= 0.6 is 0 Å². The van der Waals surface area contributed by atoms with Gasteiger partial charge in [-0.05, 0) is 69.3 Å². The van der Waals surface area contributed by atoms with Crippen molar-refractivity contribution < 1.29 is 0 Å². The molecule has 0 spiro atoms. The van der Waals surface area contributed by atoms with E-state index in [1.54, 1.807) is 0 Å². The van der Waals surface area contributed by atoms with E-state index in [1.807, 2.05) is 0 Å². The lowest BCUT2D eigenvalue weighted by Gasteiger charge is -2.26. The van der Waals surface area contributed by atoms with Crippen LogP contribution in [-0.4, -0.2) is 9.58 Å². The van der Waals surface area contributed by atoms with Crippen LogP contribution in [-0.2, 0) is 5.41 Å². The summed E-state index contributed by atoms with van der Waals surface area (Å²) in [7, 11) is 0. The largest absolute Gasteiger partial charge is 0.322 e. The molecule has 1 aromatic heterocycles. The van der Waals surface area contributed by atoms with Gasteiger partial charge < -0.3 is 10.3 Å². The predicted molar refractivity (Wildman–Crippen MR) is 189 cm³/mol. The van der Waals surface area contributed by atoms with Crippen molar-refractivity contribution in [2.24, 2.45) is 5.73 Å². The summed E-state index contributed by atoms with van der Waals surface area (Å²) in [5.41, 5.74) is 23.3. The maximum atomic E-state index is 7.15. The SMILES string of the molecule is CC1(C)c2ccccc2-c2cc3c(cc21)c1ccccc1n3-c1ccc([C@H](N)C(c2ccccc2)N2NC2c2ccccc2)cc1. The molecule has 4 nitrogen and oxygen atoms in total. The zero-order valence-corrected chi connectivity index (χ0v) is 26.1. The Morgan fingerprint density at radius 1 is 0.609 bits per heavy atom. The fourth-order valence-corrected chi connectivity index (χ4v) is 7.88. The van der Waals surface area contributed by atoms with E-state index in [2.05, 4.69) is 174 Å². The van der Waals surface area contributed by atoms with E-state index in [-0.39, 0.29) is 23.7 Å². The fraction of sp³-hybridized carbons (Fsp3) is 0.143. The van der Waals surface area contributed by atoms with Crippen molar-refractivity contribution >= 4 is 21.8 Å². The molecule has 3 N–H and O–H groups in total. The molecule has 7 aromatic rings. The molecule has 1 fully saturated rings. The average molecular weight is 597 g/mol. The summed E-state index contributed by atoms with van der Waals surface area (Å²) in [5, 5.41) is 4.85. The molecule has 1 saturated heterocycles. The lowest BCUT2D eigenvalue weighted by molar-refractivity contribution is 0.308. The van der Waals surface area contributed by atoms with Crippen LogP contribution < -0.4 is 11.2 Å². The number of nitrogens with two attached hydrogens (primary N) is 1. The molecular weight excluding hydrogens is 560 g/mol. The summed E-state index contributed by atoms with van der Waals surface area (Å²) in [6, 6.07) is 52.3. The van der Waals surface area contributed by atoms with E-state index in [0.717, 1.165) is 11.3 Å². The van der Waals surface area contributed by atoms with Gasteiger partial charge in [0.15, 0.2) is 0 Å². The summed E-state index contributed by atoms with van der Waals surface area (Å²) < 4.78 is 2.42. The Balaban J connectivity index is 1.13. The van der Waals surface area contributed by atoms with E-state index in [4.69, 9.17) is 5.73 Å². The summed E-state index contributed by atoms with van der Waals surface area (Å²) in [5.74, 6) is 0. The van der Waals surface area contributed by atoms with Crippen molar-refractivity contribution in [1.29, 1.82) is 0 Å². The Kier molecular flexibility index (Phi) is 6.09. The Morgan fingerprint density at radius 3 is 2.07 bits per heavy atom. The first-order valence-electron chi connectivity index (χ1n) is 16.2. The monoisotopic (exact) mass is 596 g/mol. The number of rotatable bonds is 6. The molecule has 46 heavy (non-hydrogen) atoms. The van der Waals surface area contributed by atoms with Gasteiger partial charge >= 0.3 is 0 Å². The highest BCUT2D eigenvalue weighted by molar-refractivity contribution is 6.11. The summed E-state index contributed by atoms with van der Waals surface area (Å²) >= 11 is 0. The molecule has 224 valence electrons. The Morgan fingerprint density at radius 2 is 1.28 bits per heavy atom. The molecule has 4 heteroatoms. The van der Waals surface area contributed by atoms with Gasteiger partial charge in [-0.15, -0.1) is 0 Å². The second-order valence-corrected chi connectivity index (χ2v) is 13.3. The zero-order valence-electron chi connectivity index (χ0n) is 26.1. The van der Waals surface area contributed by atoms with Crippen LogP contribution in [0.5, 0.6) is 0 Å². The first kappa shape index (κ1) is 27.3. The number of hydrogen-bond acceptors (Lipinski definition) is 3. The summed E-state index contributed by atoms with van der Waals surface area (Å²) in [6.07, 6.45) is 0.145. The third-order valence-corrected chi connectivity index (χ3v) is 10.3. The number of nitrogens with one attached hydrogen (secondary N) is 1. The number of fused-ring (bicyclic) bond motifs is 6. The highest BCUT2D eigenvalue weighted by Gasteiger charge is 2.44. The molecule has 9 rings (SSSR count). The van der Waals surface area contributed by atoms with Gasteiger partial charge in [-0.25, -0.2) is 10.4 Å². The van der Waals surface area contributed by atoms with E-state index < -0.39 is 0 Å². The number of hydrazine groups is 1. The lowest BCUT2D eigenvalue weighted by atomic mass is 9.82. The van der Waals surface area contributed by atoms with Crippen molar-refractivity contribution in [1.82, 2.24) is 15.0 Å². The molecule has 0 radical (unpaired) electrons. The minimum Gasteiger partial charge on any atom is -0.322 e. The van der Waals surface area contributed by atoms with Crippen LogP contribution in [0.3, 0.4) is 0 Å². The third-order valence-electron chi connectivity index (χ3n) is 10.3. The van der Waals surface area contributed by atoms with Gasteiger partial charge in [-0.1, -0.05) is 129 Å². The standard InChI is InChI=1S/C42H36N4/c1-42(2)35-19-11-9-17-31(35)33-26-38-34(25-36(33)42)32-18-10-12-20-37(32)45(38)30-23-21-27(22-24-30)39(43)40(28-13-5-3-6-14-28)46-41(44-46)29-15-7-4-8-16-29/h3-26,39-41,44H,43H2,1-2H3/t39-,40?,41?,46?/m0/s1. The average Bonchev–Trinajstić information content (AvgIpc) is 3.77. The molecule has 3 unspecified atom stereocenters. The van der Waals surface area contributed by atoms with Crippen LogP contribution in [0.1, 0.15) is 59.9 Å². The van der Waals surface area contributed by atoms with Gasteiger partial charge in [0.25, 0.3) is 0 Å². The van der Waals surface area contributed by atoms with Gasteiger partial charge in [0.2, 0.25) is 0 Å². The van der Waals surface area contributed by atoms with Gasteiger partial charge in [-0.2, -0.15) is 0 Å². The first-order valence-corrected chi connectivity index (χ1v) is 16.2. The molecule has 0 saturated carbocycles. The van der Waals surface area contributed by atoms with Crippen molar-refractivity contribution in [3.63, 3.8) is 0 Å². The van der Waals surface area contributed by atoms with E-state index in [1.165, 1.54) is 55.2 Å². The highest BCUT2D eigenvalue weighted by Crippen LogP contribution is 2.51. The molecule has 2 aliphatic rings. The topological polar surface area (TPSA) is 55.9 Å². The maximum Gasteiger partial charge on any atom is 0.113 e. The quantitative estimate of drug-likeness (QED) is 0.188. The van der Waals surface area contributed by atoms with Crippen LogP contribution in [0.25, 0.3) is 38.6 Å². The van der Waals surface area contributed by atoms with E-state index in [9.17, 15) is 0 Å². The van der Waals surface area contributed by atoms with Crippen LogP contribution in [0.2, 0.25) is 0 Å². The number of para-hydroxylation sites is 1. The molecule has 1 aliphatic carbocycles. The lowest BCUT2D eigenvalue weighted by Crippen LogP contribution is -2.27. The Labute approximate surface area is 269 Å². The van der Waals surface area contributed by atoms with Crippen molar-refractivity contribution in [2.45, 2.75) is 37.5 Å². The Hall–Kier alpha value is -5.00. The molecule has 0 amide bonds. The minimum absolute atomic E-state index is 0.0171. The highest BCUT2D eigenvalue weighted by atomic mass is 15.8. The second kappa shape index (κ2) is 10.3. The minimum atomic E-state index is -0.224. The second-order valence-electron chi connectivity index (χ2n) is 13.3. The predicted octanol–water partition coefficient (Wildman–Crippen LogP) is 9.35. The summed E-state index contributed by atoms with van der Waals surface area (Å²) in [6.45, 7) is 4.70. The smallest absolute Gasteiger partial charge is 0.113 e. The number of aromatic nitrogens is 1. The fourth-order valence-electron chi connectivity index (χ4n) is 7.88. The third kappa shape index (κ3) is 4.11.